The number of carboxylic acids is 1. The van der Waals surface area contributed by atoms with Gasteiger partial charge in [-0.05, 0) is 19.4 Å². The molecular weight excluding hydrogens is 297 g/mol. The van der Waals surface area contributed by atoms with Gasteiger partial charge < -0.3 is 10.4 Å². The van der Waals surface area contributed by atoms with Gasteiger partial charge in [-0.1, -0.05) is 24.9 Å². The second-order valence-electron chi connectivity index (χ2n) is 4.56. The number of hydrogen-bond donors (Lipinski definition) is 2. The van der Waals surface area contributed by atoms with Crippen molar-refractivity contribution < 1.29 is 23.1 Å². The van der Waals surface area contributed by atoms with Crippen LogP contribution in [0.3, 0.4) is 0 Å². The Balaban J connectivity index is 3.07. The molecule has 1 rings (SSSR count). The molecule has 0 aliphatic rings. The highest BCUT2D eigenvalue weighted by atomic mass is 35.5. The number of nitrogens with zero attached hydrogens (tertiary/aromatic N) is 1. The van der Waals surface area contributed by atoms with Crippen LogP contribution in [0.4, 0.5) is 19.0 Å². The number of aromatic nitrogens is 1. The van der Waals surface area contributed by atoms with E-state index < -0.39 is 23.2 Å². The number of aliphatic carboxylic acids is 1. The Hall–Kier alpha value is -1.50. The van der Waals surface area contributed by atoms with Crippen molar-refractivity contribution in [3.8, 4) is 0 Å². The summed E-state index contributed by atoms with van der Waals surface area (Å²) in [4.78, 5) is 14.8. The average Bonchev–Trinajstić information content (AvgIpc) is 2.30. The lowest BCUT2D eigenvalue weighted by Gasteiger charge is -2.27. The summed E-state index contributed by atoms with van der Waals surface area (Å²) < 4.78 is 37.4. The lowest BCUT2D eigenvalue weighted by molar-refractivity contribution is -0.142. The van der Waals surface area contributed by atoms with E-state index in [1.807, 2.05) is 0 Å². The molecule has 1 unspecified atom stereocenters. The van der Waals surface area contributed by atoms with E-state index in [1.54, 1.807) is 6.92 Å². The van der Waals surface area contributed by atoms with Gasteiger partial charge in [-0.15, -0.1) is 0 Å². The highest BCUT2D eigenvalue weighted by molar-refractivity contribution is 6.33. The number of pyridine rings is 1. The maximum absolute atomic E-state index is 12.5. The molecule has 1 aromatic heterocycles. The van der Waals surface area contributed by atoms with Crippen LogP contribution in [0.1, 0.15) is 32.3 Å². The molecule has 112 valence electrons. The van der Waals surface area contributed by atoms with E-state index in [0.29, 0.717) is 18.7 Å². The lowest BCUT2D eigenvalue weighted by atomic mass is 9.96. The second kappa shape index (κ2) is 5.87. The normalized spacial score (nSPS) is 14.7. The molecule has 0 fully saturated rings. The predicted molar refractivity (Wildman–Crippen MR) is 68.8 cm³/mol. The number of halogens is 4. The topological polar surface area (TPSA) is 62.2 Å². The van der Waals surface area contributed by atoms with Gasteiger partial charge in [-0.3, -0.25) is 0 Å². The fourth-order valence-electron chi connectivity index (χ4n) is 1.67. The fourth-order valence-corrected chi connectivity index (χ4v) is 1.88. The summed E-state index contributed by atoms with van der Waals surface area (Å²) in [7, 11) is 0. The first-order chi connectivity index (χ1) is 9.10. The van der Waals surface area contributed by atoms with Crippen LogP contribution >= 0.6 is 11.6 Å². The fraction of sp³-hybridized carbons (Fsp3) is 0.500. The molecule has 0 aromatic carbocycles. The number of carboxylic acid groups (broad SMARTS) is 1. The summed E-state index contributed by atoms with van der Waals surface area (Å²) in [5.74, 6) is -1.21. The van der Waals surface area contributed by atoms with Gasteiger partial charge in [0, 0.05) is 6.20 Å². The summed E-state index contributed by atoms with van der Waals surface area (Å²) in [6, 6.07) is 0.713. The van der Waals surface area contributed by atoms with E-state index in [2.05, 4.69) is 10.3 Å². The summed E-state index contributed by atoms with van der Waals surface area (Å²) in [6.45, 7) is 3.22. The van der Waals surface area contributed by atoms with Crippen LogP contribution in [-0.2, 0) is 11.0 Å². The summed E-state index contributed by atoms with van der Waals surface area (Å²) in [6.07, 6.45) is -3.08. The van der Waals surface area contributed by atoms with Gasteiger partial charge in [0.15, 0.2) is 0 Å². The maximum atomic E-state index is 12.5. The SMILES string of the molecule is CCCC(C)(Nc1ncc(C(F)(F)F)cc1Cl)C(=O)O. The molecular formula is C12H14ClF3N2O2. The van der Waals surface area contributed by atoms with E-state index >= 15 is 0 Å². The Morgan fingerprint density at radius 3 is 2.50 bits per heavy atom. The van der Waals surface area contributed by atoms with Crippen LogP contribution in [0, 0.1) is 0 Å². The number of nitrogens with one attached hydrogen (secondary N) is 1. The number of alkyl halides is 3. The van der Waals surface area contributed by atoms with Gasteiger partial charge in [0.1, 0.15) is 11.4 Å². The third kappa shape index (κ3) is 3.75. The van der Waals surface area contributed by atoms with Crippen molar-refractivity contribution in [3.05, 3.63) is 22.8 Å². The zero-order valence-corrected chi connectivity index (χ0v) is 11.6. The van der Waals surface area contributed by atoms with Crippen molar-refractivity contribution in [1.82, 2.24) is 4.98 Å². The maximum Gasteiger partial charge on any atom is 0.417 e. The van der Waals surface area contributed by atoms with Crippen molar-refractivity contribution in [1.29, 1.82) is 0 Å². The predicted octanol–water partition coefficient (Wildman–Crippen LogP) is 3.81. The molecule has 0 spiro atoms. The van der Waals surface area contributed by atoms with E-state index in [1.165, 1.54) is 6.92 Å². The molecule has 4 nitrogen and oxygen atoms in total. The number of rotatable bonds is 5. The second-order valence-corrected chi connectivity index (χ2v) is 4.97. The number of anilines is 1. The summed E-state index contributed by atoms with van der Waals surface area (Å²) >= 11 is 5.73. The van der Waals surface area contributed by atoms with Gasteiger partial charge in [0.25, 0.3) is 0 Å². The van der Waals surface area contributed by atoms with Crippen molar-refractivity contribution in [2.45, 2.75) is 38.4 Å². The van der Waals surface area contributed by atoms with Crippen molar-refractivity contribution in [3.63, 3.8) is 0 Å². The highest BCUT2D eigenvalue weighted by Crippen LogP contribution is 2.33. The van der Waals surface area contributed by atoms with Gasteiger partial charge in [0.2, 0.25) is 0 Å². The van der Waals surface area contributed by atoms with Gasteiger partial charge >= 0.3 is 12.1 Å². The molecule has 8 heteroatoms. The van der Waals surface area contributed by atoms with Crippen molar-refractivity contribution >= 4 is 23.4 Å². The Morgan fingerprint density at radius 1 is 1.50 bits per heavy atom. The third-order valence-corrected chi connectivity index (χ3v) is 3.07. The Kier molecular flexibility index (Phi) is 4.86. The first-order valence-electron chi connectivity index (χ1n) is 5.84. The Morgan fingerprint density at radius 2 is 2.10 bits per heavy atom. The van der Waals surface area contributed by atoms with Crippen LogP contribution < -0.4 is 5.32 Å². The molecule has 1 aromatic rings. The zero-order chi connectivity index (χ0) is 15.6. The van der Waals surface area contributed by atoms with E-state index in [0.717, 1.165) is 0 Å². The van der Waals surface area contributed by atoms with Crippen molar-refractivity contribution in [2.75, 3.05) is 5.32 Å². The van der Waals surface area contributed by atoms with Crippen LogP contribution in [0.15, 0.2) is 12.3 Å². The van der Waals surface area contributed by atoms with E-state index in [4.69, 9.17) is 11.6 Å². The molecule has 0 radical (unpaired) electrons. The molecule has 0 aliphatic carbocycles. The Labute approximate surface area is 119 Å². The summed E-state index contributed by atoms with van der Waals surface area (Å²) in [5.41, 5.74) is -2.33. The molecule has 20 heavy (non-hydrogen) atoms. The monoisotopic (exact) mass is 310 g/mol. The summed E-state index contributed by atoms with van der Waals surface area (Å²) in [5, 5.41) is 11.5. The Bertz CT molecular complexity index is 508. The highest BCUT2D eigenvalue weighted by Gasteiger charge is 2.35. The number of carbonyl (C=O) groups is 1. The van der Waals surface area contributed by atoms with Gasteiger partial charge in [0.05, 0.1) is 10.6 Å². The molecule has 0 amide bonds. The minimum atomic E-state index is -4.55. The first kappa shape index (κ1) is 16.6. The van der Waals surface area contributed by atoms with Gasteiger partial charge in [-0.25, -0.2) is 9.78 Å². The van der Waals surface area contributed by atoms with E-state index in [-0.39, 0.29) is 17.3 Å². The minimum absolute atomic E-state index is 0.0852. The standard InChI is InChI=1S/C12H14ClF3N2O2/c1-3-4-11(2,10(19)20)18-9-8(13)5-7(6-17-9)12(14,15)16/h5-6H,3-4H2,1-2H3,(H,17,18)(H,19,20). The molecule has 1 heterocycles. The zero-order valence-electron chi connectivity index (χ0n) is 10.9. The molecule has 2 N–H and O–H groups in total. The number of hydrogen-bond acceptors (Lipinski definition) is 3. The molecule has 0 bridgehead atoms. The van der Waals surface area contributed by atoms with Crippen molar-refractivity contribution in [2.24, 2.45) is 0 Å². The lowest BCUT2D eigenvalue weighted by Crippen LogP contribution is -2.43. The van der Waals surface area contributed by atoms with Crippen LogP contribution in [0.5, 0.6) is 0 Å². The molecule has 0 saturated heterocycles. The van der Waals surface area contributed by atoms with Crippen LogP contribution in [0.25, 0.3) is 0 Å². The van der Waals surface area contributed by atoms with E-state index in [9.17, 15) is 23.1 Å². The average molecular weight is 311 g/mol. The quantitative estimate of drug-likeness (QED) is 0.868. The van der Waals surface area contributed by atoms with Crippen LogP contribution in [-0.4, -0.2) is 21.6 Å². The minimum Gasteiger partial charge on any atom is -0.480 e. The third-order valence-electron chi connectivity index (χ3n) is 2.78. The first-order valence-corrected chi connectivity index (χ1v) is 6.22. The molecule has 1 atom stereocenters. The van der Waals surface area contributed by atoms with Crippen LogP contribution in [0.2, 0.25) is 5.02 Å². The molecule has 0 aliphatic heterocycles. The molecule has 0 saturated carbocycles. The largest absolute Gasteiger partial charge is 0.480 e. The smallest absolute Gasteiger partial charge is 0.417 e. The van der Waals surface area contributed by atoms with Gasteiger partial charge in [-0.2, -0.15) is 13.2 Å².